The molecule has 5 rings (SSSR count). The lowest BCUT2D eigenvalue weighted by Gasteiger charge is -2.34. The van der Waals surface area contributed by atoms with Crippen LogP contribution < -0.4 is 15.2 Å². The van der Waals surface area contributed by atoms with E-state index >= 15 is 0 Å². The molecule has 0 radical (unpaired) electrons. The molecule has 200 valence electrons. The Hall–Kier alpha value is -3.69. The van der Waals surface area contributed by atoms with Crippen LogP contribution in [0.5, 0.6) is 11.5 Å². The van der Waals surface area contributed by atoms with Crippen molar-refractivity contribution in [3.05, 3.63) is 82.7 Å². The molecule has 2 atom stereocenters. The van der Waals surface area contributed by atoms with Crippen LogP contribution in [0.3, 0.4) is 0 Å². The molecule has 0 spiro atoms. The number of methoxy groups -OCH3 is 1. The van der Waals surface area contributed by atoms with Crippen molar-refractivity contribution in [1.82, 2.24) is 24.0 Å². The van der Waals surface area contributed by atoms with Crippen LogP contribution in [0.1, 0.15) is 30.0 Å². The van der Waals surface area contributed by atoms with Gasteiger partial charge in [-0.05, 0) is 61.6 Å². The summed E-state index contributed by atoms with van der Waals surface area (Å²) in [7, 11) is 3.43. The summed E-state index contributed by atoms with van der Waals surface area (Å²) in [6.07, 6.45) is 6.05. The normalized spacial score (nSPS) is 17.0. The quantitative estimate of drug-likeness (QED) is 0.346. The molecular formula is C29H35N5O4. The van der Waals surface area contributed by atoms with Crippen LogP contribution in [-0.4, -0.2) is 68.6 Å². The number of fused-ring (bicyclic) bond motifs is 1. The van der Waals surface area contributed by atoms with Gasteiger partial charge < -0.3 is 14.6 Å². The lowest BCUT2D eigenvalue weighted by molar-refractivity contribution is 0.0528. The maximum absolute atomic E-state index is 12.9. The topological polar surface area (TPSA) is 94.6 Å². The summed E-state index contributed by atoms with van der Waals surface area (Å²) in [4.78, 5) is 23.6. The van der Waals surface area contributed by atoms with E-state index in [-0.39, 0.29) is 18.3 Å². The zero-order valence-corrected chi connectivity index (χ0v) is 22.0. The Kier molecular flexibility index (Phi) is 8.05. The van der Waals surface area contributed by atoms with Crippen LogP contribution in [0.4, 0.5) is 0 Å². The number of β-amino-alcohol motifs (C(OH)–C–C–N with tert-alkyl or cyclic N) is 1. The average Bonchev–Trinajstić information content (AvgIpc) is 3.21. The third kappa shape index (κ3) is 5.74. The van der Waals surface area contributed by atoms with Crippen LogP contribution >= 0.6 is 0 Å². The highest BCUT2D eigenvalue weighted by Gasteiger charge is 2.27. The Morgan fingerprint density at radius 2 is 2.03 bits per heavy atom. The van der Waals surface area contributed by atoms with Gasteiger partial charge in [0.1, 0.15) is 36.1 Å². The molecule has 3 heterocycles. The lowest BCUT2D eigenvalue weighted by atomic mass is 10.0. The molecule has 1 aliphatic heterocycles. The molecule has 2 aromatic heterocycles. The minimum absolute atomic E-state index is 0.000283. The van der Waals surface area contributed by atoms with Crippen molar-refractivity contribution < 1.29 is 14.6 Å². The predicted molar refractivity (Wildman–Crippen MR) is 146 cm³/mol. The highest BCUT2D eigenvalue weighted by Crippen LogP contribution is 2.25. The molecule has 0 saturated carbocycles. The molecule has 1 aliphatic rings. The average molecular weight is 518 g/mol. The number of aromatic nitrogens is 4. The van der Waals surface area contributed by atoms with Crippen molar-refractivity contribution in [3.63, 3.8) is 0 Å². The van der Waals surface area contributed by atoms with E-state index in [0.29, 0.717) is 18.7 Å². The number of hydrogen-bond donors (Lipinski definition) is 1. The molecule has 2 aromatic carbocycles. The number of aliphatic hydroxyl groups excluding tert-OH is 1. The molecule has 9 heteroatoms. The van der Waals surface area contributed by atoms with E-state index in [1.54, 1.807) is 29.5 Å². The first-order chi connectivity index (χ1) is 18.5. The van der Waals surface area contributed by atoms with E-state index in [4.69, 9.17) is 9.47 Å². The SMILES string of the molecule is COc1cccc(CCc2ccccc2OCC(O)CN2CCCC(n3c(=O)n(C)c4cncnc43)C2)c1. The van der Waals surface area contributed by atoms with Crippen molar-refractivity contribution in [1.29, 1.82) is 0 Å². The van der Waals surface area contributed by atoms with Crippen molar-refractivity contribution in [2.24, 2.45) is 7.05 Å². The van der Waals surface area contributed by atoms with Crippen molar-refractivity contribution >= 4 is 11.2 Å². The molecule has 38 heavy (non-hydrogen) atoms. The molecule has 0 bridgehead atoms. The van der Waals surface area contributed by atoms with Gasteiger partial charge in [-0.2, -0.15) is 0 Å². The van der Waals surface area contributed by atoms with E-state index in [2.05, 4.69) is 33.1 Å². The van der Waals surface area contributed by atoms with Gasteiger partial charge in [0, 0.05) is 20.1 Å². The summed E-state index contributed by atoms with van der Waals surface area (Å²) in [6.45, 7) is 2.24. The molecule has 1 N–H and O–H groups in total. The first-order valence-electron chi connectivity index (χ1n) is 13.1. The van der Waals surface area contributed by atoms with Gasteiger partial charge in [-0.25, -0.2) is 14.8 Å². The molecule has 2 unspecified atom stereocenters. The second-order valence-corrected chi connectivity index (χ2v) is 9.92. The third-order valence-corrected chi connectivity index (χ3v) is 7.29. The summed E-state index contributed by atoms with van der Waals surface area (Å²) < 4.78 is 14.8. The second-order valence-electron chi connectivity index (χ2n) is 9.92. The zero-order valence-electron chi connectivity index (χ0n) is 22.0. The fraction of sp³-hybridized carbons (Fsp3) is 0.414. The number of piperidine rings is 1. The van der Waals surface area contributed by atoms with Gasteiger partial charge in [-0.15, -0.1) is 0 Å². The van der Waals surface area contributed by atoms with Gasteiger partial charge >= 0.3 is 5.69 Å². The van der Waals surface area contributed by atoms with E-state index in [9.17, 15) is 9.90 Å². The van der Waals surface area contributed by atoms with Gasteiger partial charge in [0.05, 0.1) is 19.3 Å². The summed E-state index contributed by atoms with van der Waals surface area (Å²) in [5.41, 5.74) is 3.62. The Bertz CT molecular complexity index is 1430. The Labute approximate surface area is 222 Å². The van der Waals surface area contributed by atoms with Crippen molar-refractivity contribution in [2.45, 2.75) is 37.8 Å². The summed E-state index contributed by atoms with van der Waals surface area (Å²) in [6, 6.07) is 16.1. The van der Waals surface area contributed by atoms with E-state index in [1.165, 1.54) is 11.9 Å². The van der Waals surface area contributed by atoms with Crippen LogP contribution in [0, 0.1) is 0 Å². The fourth-order valence-electron chi connectivity index (χ4n) is 5.32. The number of aryl methyl sites for hydroxylation is 3. The van der Waals surface area contributed by atoms with Gasteiger partial charge in [0.25, 0.3) is 0 Å². The highest BCUT2D eigenvalue weighted by atomic mass is 16.5. The second kappa shape index (κ2) is 11.8. The molecule has 1 fully saturated rings. The Morgan fingerprint density at radius 1 is 1.16 bits per heavy atom. The standard InChI is InChI=1S/C29H35N5O4/c1-32-26-16-30-20-31-28(26)34(29(32)36)23-9-6-14-33(17-23)18-24(35)19-38-27-11-4-3-8-22(27)13-12-21-7-5-10-25(15-21)37-2/h3-5,7-8,10-11,15-16,20,23-24,35H,6,9,12-14,17-19H2,1-2H3. The van der Waals surface area contributed by atoms with Crippen molar-refractivity contribution in [3.8, 4) is 11.5 Å². The number of hydrogen-bond acceptors (Lipinski definition) is 7. The number of ether oxygens (including phenoxy) is 2. The third-order valence-electron chi connectivity index (χ3n) is 7.29. The smallest absolute Gasteiger partial charge is 0.330 e. The van der Waals surface area contributed by atoms with Gasteiger partial charge in [0.15, 0.2) is 5.65 Å². The molecule has 0 amide bonds. The predicted octanol–water partition coefficient (Wildman–Crippen LogP) is 3.00. The largest absolute Gasteiger partial charge is 0.497 e. The number of likely N-dealkylation sites (tertiary alicyclic amines) is 1. The molecule has 0 aliphatic carbocycles. The van der Waals surface area contributed by atoms with Crippen LogP contribution in [0.2, 0.25) is 0 Å². The number of imidazole rings is 1. The molecular weight excluding hydrogens is 482 g/mol. The minimum Gasteiger partial charge on any atom is -0.497 e. The number of nitrogens with zero attached hydrogens (tertiary/aromatic N) is 5. The molecule has 1 saturated heterocycles. The lowest BCUT2D eigenvalue weighted by Crippen LogP contribution is -2.44. The summed E-state index contributed by atoms with van der Waals surface area (Å²) in [5.74, 6) is 1.65. The Balaban J connectivity index is 1.18. The van der Waals surface area contributed by atoms with E-state index < -0.39 is 6.10 Å². The zero-order chi connectivity index (χ0) is 26.5. The first-order valence-corrected chi connectivity index (χ1v) is 13.1. The van der Waals surface area contributed by atoms with Crippen LogP contribution in [0.25, 0.3) is 11.2 Å². The minimum atomic E-state index is -0.647. The molecule has 4 aromatic rings. The van der Waals surface area contributed by atoms with Crippen LogP contribution in [-0.2, 0) is 19.9 Å². The van der Waals surface area contributed by atoms with E-state index in [0.717, 1.165) is 54.8 Å². The van der Waals surface area contributed by atoms with Crippen LogP contribution in [0.15, 0.2) is 65.8 Å². The maximum Gasteiger partial charge on any atom is 0.330 e. The number of para-hydroxylation sites is 1. The highest BCUT2D eigenvalue weighted by molar-refractivity contribution is 5.70. The summed E-state index contributed by atoms with van der Waals surface area (Å²) >= 11 is 0. The van der Waals surface area contributed by atoms with Gasteiger partial charge in [-0.3, -0.25) is 14.0 Å². The summed E-state index contributed by atoms with van der Waals surface area (Å²) in [5, 5.41) is 10.8. The first kappa shape index (κ1) is 25.9. The van der Waals surface area contributed by atoms with Gasteiger partial charge in [-0.1, -0.05) is 30.3 Å². The van der Waals surface area contributed by atoms with Gasteiger partial charge in [0.2, 0.25) is 0 Å². The fourth-order valence-corrected chi connectivity index (χ4v) is 5.32. The number of aliphatic hydroxyl groups is 1. The van der Waals surface area contributed by atoms with Crippen molar-refractivity contribution in [2.75, 3.05) is 33.4 Å². The number of benzene rings is 2. The maximum atomic E-state index is 12.9. The monoisotopic (exact) mass is 517 g/mol. The molecule has 9 nitrogen and oxygen atoms in total. The van der Waals surface area contributed by atoms with E-state index in [1.807, 2.05) is 30.3 Å². The number of rotatable bonds is 10. The Morgan fingerprint density at radius 3 is 2.89 bits per heavy atom.